The second kappa shape index (κ2) is 11.7. The lowest BCUT2D eigenvalue weighted by Crippen LogP contribution is -2.23. The van der Waals surface area contributed by atoms with Crippen LogP contribution in [0.4, 0.5) is 4.79 Å². The zero-order valence-electron chi connectivity index (χ0n) is 20.7. The Morgan fingerprint density at radius 2 is 1.57 bits per heavy atom. The second-order valence-electron chi connectivity index (χ2n) is 9.45. The SMILES string of the molecule is C=CC(C(=O)OCc1ccc(OC(=O)OCC[Si](C)(C)C)cc1)c1ccc2cc(OC)ccc2c1. The molecule has 0 bridgehead atoms. The van der Waals surface area contributed by atoms with Crippen LogP contribution in [0.15, 0.2) is 73.3 Å². The molecule has 0 aromatic heterocycles. The third kappa shape index (κ3) is 7.72. The van der Waals surface area contributed by atoms with Crippen LogP contribution in [0.2, 0.25) is 25.7 Å². The van der Waals surface area contributed by atoms with Crippen LogP contribution in [0.3, 0.4) is 0 Å². The normalized spacial score (nSPS) is 12.0. The zero-order valence-corrected chi connectivity index (χ0v) is 21.7. The Labute approximate surface area is 207 Å². The van der Waals surface area contributed by atoms with Crippen LogP contribution < -0.4 is 9.47 Å². The average Bonchev–Trinajstić information content (AvgIpc) is 2.83. The van der Waals surface area contributed by atoms with Crippen molar-refractivity contribution in [3.63, 3.8) is 0 Å². The van der Waals surface area contributed by atoms with E-state index in [1.165, 1.54) is 0 Å². The molecule has 3 aromatic rings. The zero-order chi connectivity index (χ0) is 25.4. The maximum absolute atomic E-state index is 12.8. The summed E-state index contributed by atoms with van der Waals surface area (Å²) in [6, 6.07) is 19.2. The Hall–Kier alpha value is -3.58. The highest BCUT2D eigenvalue weighted by Crippen LogP contribution is 2.27. The fourth-order valence-corrected chi connectivity index (χ4v) is 4.11. The molecule has 7 heteroatoms. The van der Waals surface area contributed by atoms with Gasteiger partial charge in [0, 0.05) is 8.07 Å². The Balaban J connectivity index is 1.54. The maximum Gasteiger partial charge on any atom is 0.513 e. The summed E-state index contributed by atoms with van der Waals surface area (Å²) in [5.74, 6) is 0.171. The number of benzene rings is 3. The number of hydrogen-bond acceptors (Lipinski definition) is 6. The highest BCUT2D eigenvalue weighted by molar-refractivity contribution is 6.76. The van der Waals surface area contributed by atoms with Gasteiger partial charge in [0.1, 0.15) is 18.1 Å². The van der Waals surface area contributed by atoms with Gasteiger partial charge in [-0.25, -0.2) is 4.79 Å². The standard InChI is InChI=1S/C28H32O6Si/c1-6-26(23-10-9-22-18-25(31-2)14-11-21(22)17-23)27(29)33-19-20-7-12-24(13-8-20)34-28(30)32-15-16-35(3,4)5/h6-14,17-18,26H,1,15-16,19H2,2-5H3. The first-order valence-corrected chi connectivity index (χ1v) is 15.2. The quantitative estimate of drug-likeness (QED) is 0.135. The van der Waals surface area contributed by atoms with Gasteiger partial charge in [-0.15, -0.1) is 6.58 Å². The Morgan fingerprint density at radius 1 is 0.914 bits per heavy atom. The van der Waals surface area contributed by atoms with E-state index in [0.717, 1.165) is 33.7 Å². The van der Waals surface area contributed by atoms with Crippen molar-refractivity contribution in [2.45, 2.75) is 38.2 Å². The van der Waals surface area contributed by atoms with E-state index in [1.54, 1.807) is 37.5 Å². The summed E-state index contributed by atoms with van der Waals surface area (Å²) in [6.45, 7) is 10.9. The van der Waals surface area contributed by atoms with E-state index in [-0.39, 0.29) is 12.6 Å². The highest BCUT2D eigenvalue weighted by atomic mass is 28.3. The fraction of sp³-hybridized carbons (Fsp3) is 0.286. The number of rotatable bonds is 10. The monoisotopic (exact) mass is 492 g/mol. The van der Waals surface area contributed by atoms with Crippen LogP contribution in [-0.2, 0) is 20.9 Å². The van der Waals surface area contributed by atoms with E-state index in [0.29, 0.717) is 12.4 Å². The van der Waals surface area contributed by atoms with Crippen molar-refractivity contribution >= 4 is 31.0 Å². The van der Waals surface area contributed by atoms with Gasteiger partial charge in [0.15, 0.2) is 0 Å². The molecule has 0 aliphatic carbocycles. The number of carbonyl (C=O) groups is 2. The molecule has 0 radical (unpaired) electrons. The summed E-state index contributed by atoms with van der Waals surface area (Å²) in [7, 11) is 0.353. The molecule has 3 aromatic carbocycles. The van der Waals surface area contributed by atoms with Crippen LogP contribution >= 0.6 is 0 Å². The Kier molecular flexibility index (Phi) is 8.71. The third-order valence-electron chi connectivity index (χ3n) is 5.50. The topological polar surface area (TPSA) is 71.1 Å². The van der Waals surface area contributed by atoms with Gasteiger partial charge in [-0.3, -0.25) is 4.79 Å². The van der Waals surface area contributed by atoms with Crippen molar-refractivity contribution in [2.75, 3.05) is 13.7 Å². The van der Waals surface area contributed by atoms with Gasteiger partial charge in [-0.2, -0.15) is 0 Å². The number of fused-ring (bicyclic) bond motifs is 1. The molecule has 0 spiro atoms. The number of methoxy groups -OCH3 is 1. The minimum Gasteiger partial charge on any atom is -0.497 e. The van der Waals surface area contributed by atoms with Gasteiger partial charge in [-0.05, 0) is 58.3 Å². The molecule has 35 heavy (non-hydrogen) atoms. The lowest BCUT2D eigenvalue weighted by molar-refractivity contribution is -0.145. The van der Waals surface area contributed by atoms with Crippen molar-refractivity contribution in [2.24, 2.45) is 0 Å². The molecule has 0 fully saturated rings. The first-order chi connectivity index (χ1) is 16.7. The average molecular weight is 493 g/mol. The first kappa shape index (κ1) is 26.0. The predicted molar refractivity (Wildman–Crippen MR) is 140 cm³/mol. The van der Waals surface area contributed by atoms with Gasteiger partial charge in [0.25, 0.3) is 0 Å². The van der Waals surface area contributed by atoms with Crippen molar-refractivity contribution in [3.8, 4) is 11.5 Å². The minimum atomic E-state index is -1.28. The van der Waals surface area contributed by atoms with Crippen LogP contribution in [-0.4, -0.2) is 33.9 Å². The van der Waals surface area contributed by atoms with Gasteiger partial charge < -0.3 is 18.9 Å². The van der Waals surface area contributed by atoms with Crippen molar-refractivity contribution < 1.29 is 28.5 Å². The summed E-state index contributed by atoms with van der Waals surface area (Å²) < 4.78 is 21.1. The summed E-state index contributed by atoms with van der Waals surface area (Å²) in [6.07, 6.45) is 0.864. The molecule has 184 valence electrons. The molecular weight excluding hydrogens is 460 g/mol. The number of ether oxygens (including phenoxy) is 4. The maximum atomic E-state index is 12.8. The van der Waals surface area contributed by atoms with E-state index in [4.69, 9.17) is 18.9 Å². The lowest BCUT2D eigenvalue weighted by Gasteiger charge is -2.15. The van der Waals surface area contributed by atoms with Crippen molar-refractivity contribution in [1.82, 2.24) is 0 Å². The molecule has 0 N–H and O–H groups in total. The molecule has 0 saturated carbocycles. The lowest BCUT2D eigenvalue weighted by atomic mass is 9.96. The van der Waals surface area contributed by atoms with Crippen LogP contribution in [0.25, 0.3) is 10.8 Å². The predicted octanol–water partition coefficient (Wildman–Crippen LogP) is 6.72. The van der Waals surface area contributed by atoms with Crippen molar-refractivity contribution in [1.29, 1.82) is 0 Å². The summed E-state index contributed by atoms with van der Waals surface area (Å²) in [5.41, 5.74) is 1.57. The molecule has 1 atom stereocenters. The van der Waals surface area contributed by atoms with Crippen LogP contribution in [0.5, 0.6) is 11.5 Å². The van der Waals surface area contributed by atoms with Crippen LogP contribution in [0.1, 0.15) is 17.0 Å². The molecule has 1 unspecified atom stereocenters. The summed E-state index contributed by atoms with van der Waals surface area (Å²) >= 11 is 0. The van der Waals surface area contributed by atoms with Gasteiger partial charge >= 0.3 is 12.1 Å². The molecule has 3 rings (SSSR count). The van der Waals surface area contributed by atoms with Gasteiger partial charge in [-0.1, -0.05) is 56.0 Å². The smallest absolute Gasteiger partial charge is 0.497 e. The molecular formula is C28H32O6Si. The van der Waals surface area contributed by atoms with E-state index in [2.05, 4.69) is 26.2 Å². The molecule has 0 amide bonds. The molecule has 0 aliphatic rings. The first-order valence-electron chi connectivity index (χ1n) is 11.5. The van der Waals surface area contributed by atoms with E-state index in [9.17, 15) is 9.59 Å². The number of carbonyl (C=O) groups excluding carboxylic acids is 2. The number of hydrogen-bond donors (Lipinski definition) is 0. The minimum absolute atomic E-state index is 0.0922. The third-order valence-corrected chi connectivity index (χ3v) is 7.20. The molecule has 0 heterocycles. The highest BCUT2D eigenvalue weighted by Gasteiger charge is 2.20. The fourth-order valence-electron chi connectivity index (χ4n) is 3.40. The summed E-state index contributed by atoms with van der Waals surface area (Å²) in [5, 5.41) is 2.02. The van der Waals surface area contributed by atoms with Gasteiger partial charge in [0.2, 0.25) is 0 Å². The van der Waals surface area contributed by atoms with Crippen LogP contribution in [0, 0.1) is 0 Å². The van der Waals surface area contributed by atoms with Crippen molar-refractivity contribution in [3.05, 3.63) is 84.4 Å². The Morgan fingerprint density at radius 3 is 2.23 bits per heavy atom. The van der Waals surface area contributed by atoms with Gasteiger partial charge in [0.05, 0.1) is 19.6 Å². The largest absolute Gasteiger partial charge is 0.513 e. The van der Waals surface area contributed by atoms with E-state index >= 15 is 0 Å². The molecule has 0 aliphatic heterocycles. The number of esters is 1. The molecule has 6 nitrogen and oxygen atoms in total. The second-order valence-corrected chi connectivity index (χ2v) is 15.1. The summed E-state index contributed by atoms with van der Waals surface area (Å²) in [4.78, 5) is 24.6. The van der Waals surface area contributed by atoms with E-state index < -0.39 is 20.1 Å². The molecule has 0 saturated heterocycles. The Bertz CT molecular complexity index is 1180. The van der Waals surface area contributed by atoms with E-state index in [1.807, 2.05) is 36.4 Å².